The first kappa shape index (κ1) is 14.6. The number of carbonyl (C=O) groups is 1. The molecule has 7 heteroatoms. The molecule has 2 rings (SSSR count). The van der Waals surface area contributed by atoms with E-state index in [1.807, 2.05) is 0 Å². The minimum Gasteiger partial charge on any atom is -0.371 e. The van der Waals surface area contributed by atoms with E-state index in [1.165, 1.54) is 19.3 Å². The molecular weight excluding hydrogens is 304 g/mol. The summed E-state index contributed by atoms with van der Waals surface area (Å²) < 4.78 is 14.0. The molecule has 0 spiro atoms. The molecule has 2 N–H and O–H groups in total. The average Bonchev–Trinajstić information content (AvgIpc) is 2.44. The first-order valence-corrected chi connectivity index (χ1v) is 6.37. The minimum atomic E-state index is -0.731. The molecule has 0 radical (unpaired) electrons. The van der Waals surface area contributed by atoms with Crippen LogP contribution in [0.1, 0.15) is 10.4 Å². The molecule has 1 aromatic carbocycles. The predicted octanol–water partition coefficient (Wildman–Crippen LogP) is 3.82. The highest BCUT2D eigenvalue weighted by Crippen LogP contribution is 2.30. The highest BCUT2D eigenvalue weighted by Gasteiger charge is 2.17. The molecule has 4 nitrogen and oxygen atoms in total. The molecule has 0 aliphatic carbocycles. The number of amides is 1. The normalized spacial score (nSPS) is 10.2. The van der Waals surface area contributed by atoms with Gasteiger partial charge in [-0.15, -0.1) is 0 Å². The molecule has 0 unspecified atom stereocenters. The van der Waals surface area contributed by atoms with E-state index in [2.05, 4.69) is 15.6 Å². The summed E-state index contributed by atoms with van der Waals surface area (Å²) in [6.45, 7) is 0. The Kier molecular flexibility index (Phi) is 4.42. The topological polar surface area (TPSA) is 54.0 Å². The highest BCUT2D eigenvalue weighted by molar-refractivity contribution is 6.44. The van der Waals surface area contributed by atoms with Crippen molar-refractivity contribution in [2.24, 2.45) is 0 Å². The van der Waals surface area contributed by atoms with Crippen molar-refractivity contribution in [3.05, 3.63) is 51.9 Å². The molecule has 1 aromatic heterocycles. The maximum atomic E-state index is 14.0. The molecule has 0 bridgehead atoms. The van der Waals surface area contributed by atoms with Gasteiger partial charge in [0.05, 0.1) is 21.3 Å². The third-order valence-electron chi connectivity index (χ3n) is 2.57. The van der Waals surface area contributed by atoms with Gasteiger partial charge in [-0.3, -0.25) is 4.79 Å². The van der Waals surface area contributed by atoms with Crippen LogP contribution >= 0.6 is 23.2 Å². The third kappa shape index (κ3) is 2.84. The zero-order chi connectivity index (χ0) is 14.7. The second-order valence-corrected chi connectivity index (χ2v) is 4.61. The van der Waals surface area contributed by atoms with E-state index in [1.54, 1.807) is 18.2 Å². The van der Waals surface area contributed by atoms with Crippen LogP contribution < -0.4 is 10.6 Å². The van der Waals surface area contributed by atoms with Crippen molar-refractivity contribution < 1.29 is 9.18 Å². The summed E-state index contributed by atoms with van der Waals surface area (Å²) in [5, 5.41) is 5.57. The molecule has 0 aliphatic rings. The fourth-order valence-electron chi connectivity index (χ4n) is 1.58. The Labute approximate surface area is 124 Å². The van der Waals surface area contributed by atoms with Crippen molar-refractivity contribution in [2.75, 3.05) is 17.7 Å². The van der Waals surface area contributed by atoms with Gasteiger partial charge in [0, 0.05) is 13.2 Å². The van der Waals surface area contributed by atoms with Crippen LogP contribution in [0.25, 0.3) is 0 Å². The Morgan fingerprint density at radius 1 is 1.30 bits per heavy atom. The zero-order valence-electron chi connectivity index (χ0n) is 10.4. The van der Waals surface area contributed by atoms with Crippen molar-refractivity contribution in [2.45, 2.75) is 0 Å². The van der Waals surface area contributed by atoms with E-state index in [0.29, 0.717) is 10.7 Å². The van der Waals surface area contributed by atoms with Gasteiger partial charge < -0.3 is 10.6 Å². The quantitative estimate of drug-likeness (QED) is 0.905. The van der Waals surface area contributed by atoms with E-state index < -0.39 is 11.7 Å². The first-order valence-electron chi connectivity index (χ1n) is 5.62. The van der Waals surface area contributed by atoms with Gasteiger partial charge in [-0.1, -0.05) is 29.3 Å². The molecule has 1 heterocycles. The number of hydrogen-bond acceptors (Lipinski definition) is 3. The molecule has 0 saturated carbocycles. The molecule has 0 atom stereocenters. The van der Waals surface area contributed by atoms with Crippen molar-refractivity contribution in [3.8, 4) is 0 Å². The third-order valence-corrected chi connectivity index (χ3v) is 3.39. The maximum absolute atomic E-state index is 14.0. The Morgan fingerprint density at radius 2 is 2.05 bits per heavy atom. The Morgan fingerprint density at radius 3 is 2.75 bits per heavy atom. The second kappa shape index (κ2) is 6.07. The van der Waals surface area contributed by atoms with Crippen LogP contribution in [-0.2, 0) is 0 Å². The Balaban J connectivity index is 2.31. The lowest BCUT2D eigenvalue weighted by molar-refractivity contribution is 0.102. The molecule has 0 aliphatic heterocycles. The van der Waals surface area contributed by atoms with Crippen molar-refractivity contribution in [1.29, 1.82) is 0 Å². The number of carbonyl (C=O) groups excluding carboxylic acids is 1. The molecule has 1 amide bonds. The SMILES string of the molecule is CNc1nccc(C(=O)Nc2cccc(Cl)c2Cl)c1F. The van der Waals surface area contributed by atoms with Crippen molar-refractivity contribution in [3.63, 3.8) is 0 Å². The minimum absolute atomic E-state index is 0.00478. The van der Waals surface area contributed by atoms with Gasteiger partial charge in [0.2, 0.25) is 0 Å². The van der Waals surface area contributed by atoms with E-state index in [4.69, 9.17) is 23.2 Å². The Hall–Kier alpha value is -1.85. The lowest BCUT2D eigenvalue weighted by atomic mass is 10.2. The van der Waals surface area contributed by atoms with Crippen molar-refractivity contribution in [1.82, 2.24) is 4.98 Å². The van der Waals surface area contributed by atoms with E-state index >= 15 is 0 Å². The van der Waals surface area contributed by atoms with Crippen LogP contribution in [0.4, 0.5) is 15.9 Å². The lowest BCUT2D eigenvalue weighted by Crippen LogP contribution is -2.15. The largest absolute Gasteiger partial charge is 0.371 e. The standard InChI is InChI=1S/C13H10Cl2FN3O/c1-17-12-11(16)7(5-6-18-12)13(20)19-9-4-2-3-8(14)10(9)15/h2-6H,1H3,(H,17,18)(H,19,20). The molecular formula is C13H10Cl2FN3O. The summed E-state index contributed by atoms with van der Waals surface area (Å²) >= 11 is 11.8. The number of rotatable bonds is 3. The van der Waals surface area contributed by atoms with Crippen LogP contribution in [0.3, 0.4) is 0 Å². The summed E-state index contributed by atoms with van der Waals surface area (Å²) in [7, 11) is 1.51. The van der Waals surface area contributed by atoms with E-state index in [9.17, 15) is 9.18 Å². The number of benzene rings is 1. The summed E-state index contributed by atoms with van der Waals surface area (Å²) in [5.74, 6) is -1.37. The summed E-state index contributed by atoms with van der Waals surface area (Å²) in [6.07, 6.45) is 1.34. The molecule has 0 saturated heterocycles. The Bertz CT molecular complexity index is 664. The second-order valence-electron chi connectivity index (χ2n) is 3.83. The average molecular weight is 314 g/mol. The molecule has 20 heavy (non-hydrogen) atoms. The number of aromatic nitrogens is 1. The smallest absolute Gasteiger partial charge is 0.258 e. The van der Waals surface area contributed by atoms with Crippen LogP contribution in [0.2, 0.25) is 10.0 Å². The van der Waals surface area contributed by atoms with Gasteiger partial charge in [-0.05, 0) is 18.2 Å². The van der Waals surface area contributed by atoms with Crippen LogP contribution in [0.5, 0.6) is 0 Å². The monoisotopic (exact) mass is 313 g/mol. The summed E-state index contributed by atoms with van der Waals surface area (Å²) in [4.78, 5) is 15.8. The molecule has 2 aromatic rings. The van der Waals surface area contributed by atoms with Crippen LogP contribution in [0.15, 0.2) is 30.5 Å². The first-order chi connectivity index (χ1) is 9.54. The molecule has 0 fully saturated rings. The number of anilines is 2. The predicted molar refractivity (Wildman–Crippen MR) is 78.2 cm³/mol. The van der Waals surface area contributed by atoms with Gasteiger partial charge in [0.15, 0.2) is 11.6 Å². The van der Waals surface area contributed by atoms with E-state index in [0.717, 1.165) is 0 Å². The van der Waals surface area contributed by atoms with Crippen LogP contribution in [0, 0.1) is 5.82 Å². The van der Waals surface area contributed by atoms with Crippen molar-refractivity contribution >= 4 is 40.6 Å². The van der Waals surface area contributed by atoms with Gasteiger partial charge in [0.25, 0.3) is 5.91 Å². The number of halogens is 3. The van der Waals surface area contributed by atoms with Gasteiger partial charge in [0.1, 0.15) is 0 Å². The fraction of sp³-hybridized carbons (Fsp3) is 0.0769. The van der Waals surface area contributed by atoms with Gasteiger partial charge >= 0.3 is 0 Å². The number of pyridine rings is 1. The fourth-order valence-corrected chi connectivity index (χ4v) is 1.93. The van der Waals surface area contributed by atoms with E-state index in [-0.39, 0.29) is 16.4 Å². The zero-order valence-corrected chi connectivity index (χ0v) is 11.9. The summed E-state index contributed by atoms with van der Waals surface area (Å²) in [5.41, 5.74) is 0.173. The van der Waals surface area contributed by atoms with Gasteiger partial charge in [-0.2, -0.15) is 0 Å². The van der Waals surface area contributed by atoms with Gasteiger partial charge in [-0.25, -0.2) is 9.37 Å². The lowest BCUT2D eigenvalue weighted by Gasteiger charge is -2.10. The molecule has 104 valence electrons. The van der Waals surface area contributed by atoms with Crippen LogP contribution in [-0.4, -0.2) is 17.9 Å². The number of hydrogen-bond donors (Lipinski definition) is 2. The highest BCUT2D eigenvalue weighted by atomic mass is 35.5. The maximum Gasteiger partial charge on any atom is 0.258 e. The summed E-state index contributed by atoms with van der Waals surface area (Å²) in [6, 6.07) is 6.07. The number of nitrogens with zero attached hydrogens (tertiary/aromatic N) is 1. The number of nitrogens with one attached hydrogen (secondary N) is 2.